The van der Waals surface area contributed by atoms with Gasteiger partial charge in [0.1, 0.15) is 5.82 Å². The Morgan fingerprint density at radius 3 is 2.58 bits per heavy atom. The molecule has 1 aromatic heterocycles. The van der Waals surface area contributed by atoms with Crippen LogP contribution >= 0.6 is 0 Å². The Balaban J connectivity index is 1.98. The normalized spacial score (nSPS) is 16.7. The van der Waals surface area contributed by atoms with E-state index >= 15 is 0 Å². The van der Waals surface area contributed by atoms with Crippen molar-refractivity contribution in [2.24, 2.45) is 7.05 Å². The summed E-state index contributed by atoms with van der Waals surface area (Å²) < 4.78 is 14.9. The van der Waals surface area contributed by atoms with Crippen molar-refractivity contribution in [3.8, 4) is 11.1 Å². The minimum atomic E-state index is -0.198. The predicted molar refractivity (Wildman–Crippen MR) is 73.4 cm³/mol. The molecule has 3 rings (SSSR count). The molecule has 100 valence electrons. The van der Waals surface area contributed by atoms with E-state index in [9.17, 15) is 4.39 Å². The predicted octanol–water partition coefficient (Wildman–Crippen LogP) is 2.69. The monoisotopic (exact) mass is 259 g/mol. The first-order valence-corrected chi connectivity index (χ1v) is 6.74. The van der Waals surface area contributed by atoms with Gasteiger partial charge in [0.15, 0.2) is 0 Å². The van der Waals surface area contributed by atoms with Crippen LogP contribution in [0.3, 0.4) is 0 Å². The van der Waals surface area contributed by atoms with E-state index in [1.807, 2.05) is 30.1 Å². The molecule has 0 aliphatic carbocycles. The molecule has 0 unspecified atom stereocenters. The fourth-order valence-corrected chi connectivity index (χ4v) is 2.75. The van der Waals surface area contributed by atoms with E-state index in [-0.39, 0.29) is 5.82 Å². The molecule has 2 aromatic rings. The number of nitrogens with zero attached hydrogens (tertiary/aromatic N) is 2. The van der Waals surface area contributed by atoms with Crippen LogP contribution in [0.5, 0.6) is 0 Å². The first kappa shape index (κ1) is 12.4. The summed E-state index contributed by atoms with van der Waals surface area (Å²) in [5.74, 6) is 0.304. The number of aromatic nitrogens is 2. The van der Waals surface area contributed by atoms with Gasteiger partial charge in [0.2, 0.25) is 0 Å². The molecule has 1 fully saturated rings. The number of nitrogens with one attached hydrogen (secondary N) is 1. The summed E-state index contributed by atoms with van der Waals surface area (Å²) in [5.41, 5.74) is 3.33. The van der Waals surface area contributed by atoms with Crippen molar-refractivity contribution in [1.29, 1.82) is 0 Å². The van der Waals surface area contributed by atoms with Crippen LogP contribution in [0.4, 0.5) is 4.39 Å². The van der Waals surface area contributed by atoms with Crippen LogP contribution in [0.2, 0.25) is 0 Å². The fraction of sp³-hybridized carbons (Fsp3) is 0.400. The summed E-state index contributed by atoms with van der Waals surface area (Å²) >= 11 is 0. The van der Waals surface area contributed by atoms with Crippen molar-refractivity contribution in [2.45, 2.75) is 18.8 Å². The molecular formula is C15H18FN3. The Labute approximate surface area is 112 Å². The summed E-state index contributed by atoms with van der Waals surface area (Å²) in [6.07, 6.45) is 4.26. The molecule has 2 heterocycles. The van der Waals surface area contributed by atoms with Crippen LogP contribution < -0.4 is 5.32 Å². The van der Waals surface area contributed by atoms with Gasteiger partial charge in [-0.3, -0.25) is 4.68 Å². The molecule has 4 heteroatoms. The van der Waals surface area contributed by atoms with Gasteiger partial charge in [-0.1, -0.05) is 12.1 Å². The molecule has 0 atom stereocenters. The van der Waals surface area contributed by atoms with Crippen LogP contribution in [-0.4, -0.2) is 22.9 Å². The van der Waals surface area contributed by atoms with Gasteiger partial charge in [0.05, 0.1) is 5.69 Å². The zero-order valence-electron chi connectivity index (χ0n) is 11.1. The lowest BCUT2D eigenvalue weighted by molar-refractivity contribution is 0.450. The number of hydrogen-bond donors (Lipinski definition) is 1. The van der Waals surface area contributed by atoms with Gasteiger partial charge >= 0.3 is 0 Å². The van der Waals surface area contributed by atoms with Gasteiger partial charge in [0.25, 0.3) is 0 Å². The van der Waals surface area contributed by atoms with E-state index in [4.69, 9.17) is 0 Å². The maximum atomic E-state index is 13.0. The van der Waals surface area contributed by atoms with Crippen molar-refractivity contribution < 1.29 is 4.39 Å². The van der Waals surface area contributed by atoms with Crippen LogP contribution in [0, 0.1) is 5.82 Å². The molecule has 0 bridgehead atoms. The molecule has 0 radical (unpaired) electrons. The maximum absolute atomic E-state index is 13.0. The standard InChI is InChI=1S/C15H18FN3/c1-19-10-14(11-2-4-13(16)5-3-11)15(18-19)12-6-8-17-9-7-12/h2-5,10,12,17H,6-9H2,1H3. The zero-order chi connectivity index (χ0) is 13.2. The lowest BCUT2D eigenvalue weighted by Crippen LogP contribution is -2.27. The summed E-state index contributed by atoms with van der Waals surface area (Å²) in [4.78, 5) is 0. The quantitative estimate of drug-likeness (QED) is 0.898. The van der Waals surface area contributed by atoms with Crippen LogP contribution in [-0.2, 0) is 7.05 Å². The average molecular weight is 259 g/mol. The van der Waals surface area contributed by atoms with Gasteiger partial charge in [0, 0.05) is 24.7 Å². The fourth-order valence-electron chi connectivity index (χ4n) is 2.75. The van der Waals surface area contributed by atoms with Crippen LogP contribution in [0.25, 0.3) is 11.1 Å². The first-order chi connectivity index (χ1) is 9.24. The van der Waals surface area contributed by atoms with Gasteiger partial charge in [-0.25, -0.2) is 4.39 Å². The van der Waals surface area contributed by atoms with Crippen molar-refractivity contribution in [1.82, 2.24) is 15.1 Å². The molecule has 0 saturated carbocycles. The smallest absolute Gasteiger partial charge is 0.123 e. The van der Waals surface area contributed by atoms with Gasteiger partial charge < -0.3 is 5.32 Å². The molecular weight excluding hydrogens is 241 g/mol. The van der Waals surface area contributed by atoms with Gasteiger partial charge in [-0.05, 0) is 43.6 Å². The Morgan fingerprint density at radius 2 is 1.89 bits per heavy atom. The third-order valence-corrected chi connectivity index (χ3v) is 3.74. The zero-order valence-corrected chi connectivity index (χ0v) is 11.1. The Kier molecular flexibility index (Phi) is 3.34. The molecule has 1 aromatic carbocycles. The van der Waals surface area contributed by atoms with E-state index in [2.05, 4.69) is 10.4 Å². The van der Waals surface area contributed by atoms with Crippen LogP contribution in [0.1, 0.15) is 24.5 Å². The largest absolute Gasteiger partial charge is 0.317 e. The summed E-state index contributed by atoms with van der Waals surface area (Å²) in [7, 11) is 1.94. The molecule has 1 aliphatic heterocycles. The van der Waals surface area contributed by atoms with Gasteiger partial charge in [-0.2, -0.15) is 5.10 Å². The van der Waals surface area contributed by atoms with Crippen molar-refractivity contribution >= 4 is 0 Å². The second-order valence-corrected chi connectivity index (χ2v) is 5.13. The Bertz CT molecular complexity index is 553. The molecule has 1 saturated heterocycles. The minimum absolute atomic E-state index is 0.198. The summed E-state index contributed by atoms with van der Waals surface area (Å²) in [6, 6.07) is 6.68. The number of rotatable bonds is 2. The maximum Gasteiger partial charge on any atom is 0.123 e. The van der Waals surface area contributed by atoms with Crippen molar-refractivity contribution in [2.75, 3.05) is 13.1 Å². The summed E-state index contributed by atoms with van der Waals surface area (Å²) in [5, 5.41) is 8.00. The second kappa shape index (κ2) is 5.13. The Hall–Kier alpha value is -1.68. The van der Waals surface area contributed by atoms with E-state index in [1.165, 1.54) is 12.1 Å². The lowest BCUT2D eigenvalue weighted by atomic mass is 9.90. The highest BCUT2D eigenvalue weighted by atomic mass is 19.1. The minimum Gasteiger partial charge on any atom is -0.317 e. The number of halogens is 1. The first-order valence-electron chi connectivity index (χ1n) is 6.74. The molecule has 0 spiro atoms. The van der Waals surface area contributed by atoms with E-state index in [0.717, 1.165) is 42.8 Å². The van der Waals surface area contributed by atoms with E-state index < -0.39 is 0 Å². The number of hydrogen-bond acceptors (Lipinski definition) is 2. The molecule has 1 aliphatic rings. The second-order valence-electron chi connectivity index (χ2n) is 5.13. The van der Waals surface area contributed by atoms with Gasteiger partial charge in [-0.15, -0.1) is 0 Å². The lowest BCUT2D eigenvalue weighted by Gasteiger charge is -2.22. The molecule has 0 amide bonds. The molecule has 1 N–H and O–H groups in total. The van der Waals surface area contributed by atoms with Crippen molar-refractivity contribution in [3.05, 3.63) is 42.0 Å². The highest BCUT2D eigenvalue weighted by Gasteiger charge is 2.22. The number of benzene rings is 1. The molecule has 19 heavy (non-hydrogen) atoms. The summed E-state index contributed by atoms with van der Waals surface area (Å²) in [6.45, 7) is 2.09. The SMILES string of the molecule is Cn1cc(-c2ccc(F)cc2)c(C2CCNCC2)n1. The highest BCUT2D eigenvalue weighted by molar-refractivity contribution is 5.66. The topological polar surface area (TPSA) is 29.9 Å². The highest BCUT2D eigenvalue weighted by Crippen LogP contribution is 2.32. The number of aryl methyl sites for hydroxylation is 1. The molecule has 3 nitrogen and oxygen atoms in total. The van der Waals surface area contributed by atoms with Crippen LogP contribution in [0.15, 0.2) is 30.5 Å². The van der Waals surface area contributed by atoms with E-state index in [0.29, 0.717) is 5.92 Å². The number of piperidine rings is 1. The third-order valence-electron chi connectivity index (χ3n) is 3.74. The average Bonchev–Trinajstić information content (AvgIpc) is 2.83. The van der Waals surface area contributed by atoms with E-state index in [1.54, 1.807) is 0 Å². The van der Waals surface area contributed by atoms with Crippen molar-refractivity contribution in [3.63, 3.8) is 0 Å². The third kappa shape index (κ3) is 2.54. The Morgan fingerprint density at radius 1 is 1.21 bits per heavy atom.